The second-order valence-corrected chi connectivity index (χ2v) is 2.47. The normalized spacial score (nSPS) is 11.7. The van der Waals surface area contributed by atoms with Crippen LogP contribution in [0.2, 0.25) is 0 Å². The fourth-order valence-corrected chi connectivity index (χ4v) is 0.760. The molecule has 2 nitrogen and oxygen atoms in total. The van der Waals surface area contributed by atoms with E-state index in [4.69, 9.17) is 11.1 Å². The Labute approximate surface area is 61.9 Å². The first kappa shape index (κ1) is 8.95. The van der Waals surface area contributed by atoms with Crippen LogP contribution in [0, 0.1) is 11.3 Å². The third-order valence-electron chi connectivity index (χ3n) is 1.26. The van der Waals surface area contributed by atoms with Gasteiger partial charge in [-0.05, 0) is 17.6 Å². The van der Waals surface area contributed by atoms with E-state index in [0.717, 1.165) is 5.57 Å². The second kappa shape index (κ2) is 3.88. The molecule has 0 aliphatic rings. The van der Waals surface area contributed by atoms with Gasteiger partial charge in [-0.3, -0.25) is 0 Å². The van der Waals surface area contributed by atoms with Crippen LogP contribution in [-0.2, 0) is 0 Å². The number of nitrogens with one attached hydrogen (secondary N) is 1. The lowest BCUT2D eigenvalue weighted by atomic mass is 10.0. The molecule has 3 N–H and O–H groups in total. The fourth-order valence-electron chi connectivity index (χ4n) is 0.760. The zero-order valence-corrected chi connectivity index (χ0v) is 6.52. The average molecular weight is 138 g/mol. The zero-order valence-electron chi connectivity index (χ0n) is 6.52. The van der Waals surface area contributed by atoms with Crippen molar-refractivity contribution >= 4 is 6.21 Å². The van der Waals surface area contributed by atoms with Crippen molar-refractivity contribution in [1.82, 2.24) is 0 Å². The Balaban J connectivity index is 4.41. The van der Waals surface area contributed by atoms with E-state index >= 15 is 0 Å². The lowest BCUT2D eigenvalue weighted by Crippen LogP contribution is -2.05. The summed E-state index contributed by atoms with van der Waals surface area (Å²) in [4.78, 5) is 0. The molecule has 2 heteroatoms. The van der Waals surface area contributed by atoms with Crippen LogP contribution in [-0.4, -0.2) is 6.21 Å². The third-order valence-corrected chi connectivity index (χ3v) is 1.26. The highest BCUT2D eigenvalue weighted by atomic mass is 14.6. The molecule has 0 amide bonds. The molecule has 0 aliphatic heterocycles. The molecule has 56 valence electrons. The van der Waals surface area contributed by atoms with Crippen molar-refractivity contribution in [2.45, 2.75) is 13.8 Å². The molecule has 10 heavy (non-hydrogen) atoms. The molecule has 0 fully saturated rings. The molecule has 0 aromatic rings. The van der Waals surface area contributed by atoms with Gasteiger partial charge in [0.2, 0.25) is 0 Å². The summed E-state index contributed by atoms with van der Waals surface area (Å²) in [6.07, 6.45) is 2.90. The van der Waals surface area contributed by atoms with Crippen LogP contribution in [0.15, 0.2) is 23.9 Å². The van der Waals surface area contributed by atoms with Crippen LogP contribution in [0.1, 0.15) is 13.8 Å². The quantitative estimate of drug-likeness (QED) is 0.452. The summed E-state index contributed by atoms with van der Waals surface area (Å²) in [5, 5.41) is 6.82. The first-order chi connectivity index (χ1) is 4.59. The van der Waals surface area contributed by atoms with Gasteiger partial charge in [-0.25, -0.2) is 0 Å². The van der Waals surface area contributed by atoms with Crippen LogP contribution in [0.4, 0.5) is 0 Å². The molecule has 0 bridgehead atoms. The highest BCUT2D eigenvalue weighted by Gasteiger charge is 2.01. The molecular weight excluding hydrogens is 124 g/mol. The van der Waals surface area contributed by atoms with E-state index in [9.17, 15) is 0 Å². The van der Waals surface area contributed by atoms with Crippen molar-refractivity contribution in [3.63, 3.8) is 0 Å². The Morgan fingerprint density at radius 2 is 2.10 bits per heavy atom. The van der Waals surface area contributed by atoms with E-state index in [2.05, 4.69) is 6.58 Å². The Kier molecular flexibility index (Phi) is 3.47. The van der Waals surface area contributed by atoms with Crippen LogP contribution >= 0.6 is 0 Å². The van der Waals surface area contributed by atoms with Gasteiger partial charge in [0.1, 0.15) is 0 Å². The predicted molar refractivity (Wildman–Crippen MR) is 45.0 cm³/mol. The molecule has 0 aromatic heterocycles. The first-order valence-electron chi connectivity index (χ1n) is 3.25. The van der Waals surface area contributed by atoms with Gasteiger partial charge in [-0.1, -0.05) is 20.4 Å². The number of allylic oxidation sites excluding steroid dienone is 2. The smallest absolute Gasteiger partial charge is 0.0276 e. The molecule has 0 atom stereocenters. The molecular formula is C8H14N2. The third kappa shape index (κ3) is 2.49. The van der Waals surface area contributed by atoms with E-state index in [-0.39, 0.29) is 0 Å². The number of rotatable bonds is 3. The molecule has 0 rings (SSSR count). The fraction of sp³-hybridized carbons (Fsp3) is 0.375. The Morgan fingerprint density at radius 1 is 1.60 bits per heavy atom. The van der Waals surface area contributed by atoms with Gasteiger partial charge in [0.15, 0.2) is 0 Å². The molecule has 0 unspecified atom stereocenters. The maximum absolute atomic E-state index is 6.82. The molecule has 0 saturated carbocycles. The summed E-state index contributed by atoms with van der Waals surface area (Å²) >= 11 is 0. The summed E-state index contributed by atoms with van der Waals surface area (Å²) in [6.45, 7) is 7.64. The van der Waals surface area contributed by atoms with Crippen LogP contribution < -0.4 is 5.73 Å². The van der Waals surface area contributed by atoms with E-state index < -0.39 is 0 Å². The topological polar surface area (TPSA) is 49.9 Å². The standard InChI is InChI=1S/C8H14N2/c1-6(2)8(4-5-9)7(3)10/h4-6,9H,3,10H2,1-2H3/b8-4+,9-5?. The second-order valence-electron chi connectivity index (χ2n) is 2.47. The zero-order chi connectivity index (χ0) is 8.15. The van der Waals surface area contributed by atoms with Crippen molar-refractivity contribution in [2.75, 3.05) is 0 Å². The van der Waals surface area contributed by atoms with E-state index in [1.54, 1.807) is 6.08 Å². The first-order valence-corrected chi connectivity index (χ1v) is 3.25. The molecule has 0 aromatic carbocycles. The Morgan fingerprint density at radius 3 is 2.20 bits per heavy atom. The molecule has 0 spiro atoms. The van der Waals surface area contributed by atoms with Crippen molar-refractivity contribution in [2.24, 2.45) is 11.7 Å². The summed E-state index contributed by atoms with van der Waals surface area (Å²) < 4.78 is 0. The minimum Gasteiger partial charge on any atom is -0.399 e. The van der Waals surface area contributed by atoms with Gasteiger partial charge in [-0.2, -0.15) is 0 Å². The highest BCUT2D eigenvalue weighted by Crippen LogP contribution is 2.12. The largest absolute Gasteiger partial charge is 0.399 e. The average Bonchev–Trinajstić information content (AvgIpc) is 1.81. The molecule has 0 aliphatic carbocycles. The van der Waals surface area contributed by atoms with Crippen molar-refractivity contribution in [3.05, 3.63) is 23.9 Å². The van der Waals surface area contributed by atoms with Gasteiger partial charge >= 0.3 is 0 Å². The van der Waals surface area contributed by atoms with E-state index in [1.807, 2.05) is 13.8 Å². The summed E-state index contributed by atoms with van der Waals surface area (Å²) in [5.41, 5.74) is 6.95. The Bertz CT molecular complexity index is 166. The van der Waals surface area contributed by atoms with Crippen molar-refractivity contribution < 1.29 is 0 Å². The van der Waals surface area contributed by atoms with Crippen molar-refractivity contribution in [1.29, 1.82) is 5.41 Å². The number of nitrogens with two attached hydrogens (primary N) is 1. The molecule has 0 radical (unpaired) electrons. The van der Waals surface area contributed by atoms with Gasteiger partial charge < -0.3 is 11.1 Å². The van der Waals surface area contributed by atoms with Crippen LogP contribution in [0.5, 0.6) is 0 Å². The van der Waals surface area contributed by atoms with Crippen molar-refractivity contribution in [3.8, 4) is 0 Å². The van der Waals surface area contributed by atoms with Gasteiger partial charge in [-0.15, -0.1) is 0 Å². The molecule has 0 heterocycles. The van der Waals surface area contributed by atoms with Crippen LogP contribution in [0.25, 0.3) is 0 Å². The minimum absolute atomic E-state index is 0.346. The lowest BCUT2D eigenvalue weighted by molar-refractivity contribution is 0.777. The van der Waals surface area contributed by atoms with E-state index in [1.165, 1.54) is 6.21 Å². The van der Waals surface area contributed by atoms with Gasteiger partial charge in [0, 0.05) is 11.9 Å². The maximum Gasteiger partial charge on any atom is 0.0276 e. The van der Waals surface area contributed by atoms with E-state index in [0.29, 0.717) is 11.6 Å². The predicted octanol–water partition coefficient (Wildman–Crippen LogP) is 1.69. The maximum atomic E-state index is 6.82. The number of hydrogen-bond acceptors (Lipinski definition) is 2. The summed E-state index contributed by atoms with van der Waals surface area (Å²) in [6, 6.07) is 0. The van der Waals surface area contributed by atoms with Crippen LogP contribution in [0.3, 0.4) is 0 Å². The number of hydrogen-bond donors (Lipinski definition) is 2. The van der Waals surface area contributed by atoms with Gasteiger partial charge in [0.05, 0.1) is 0 Å². The highest BCUT2D eigenvalue weighted by molar-refractivity contribution is 5.70. The molecule has 0 saturated heterocycles. The lowest BCUT2D eigenvalue weighted by Gasteiger charge is -2.08. The summed E-state index contributed by atoms with van der Waals surface area (Å²) in [7, 11) is 0. The van der Waals surface area contributed by atoms with Gasteiger partial charge in [0.25, 0.3) is 0 Å². The minimum atomic E-state index is 0.346. The Hall–Kier alpha value is -1.05. The summed E-state index contributed by atoms with van der Waals surface area (Å²) in [5.74, 6) is 0.346. The SMILES string of the molecule is C=C(N)/C(=C/C=N)C(C)C. The monoisotopic (exact) mass is 138 g/mol.